The number of aromatic amines is 1. The van der Waals surface area contributed by atoms with Gasteiger partial charge in [0.05, 0.1) is 22.3 Å². The van der Waals surface area contributed by atoms with E-state index in [0.29, 0.717) is 17.2 Å². The van der Waals surface area contributed by atoms with Crippen molar-refractivity contribution in [3.63, 3.8) is 0 Å². The number of primary sulfonamides is 1. The molecule has 8 nitrogen and oxygen atoms in total. The zero-order valence-corrected chi connectivity index (χ0v) is 15.2. The Labute approximate surface area is 155 Å². The first-order chi connectivity index (χ1) is 12.9. The van der Waals surface area contributed by atoms with Crippen molar-refractivity contribution in [1.82, 2.24) is 20.2 Å². The molecule has 3 N–H and O–H groups in total. The maximum atomic E-state index is 11.6. The van der Waals surface area contributed by atoms with Crippen molar-refractivity contribution in [3.05, 3.63) is 60.9 Å². The predicted molar refractivity (Wildman–Crippen MR) is 103 cm³/mol. The average Bonchev–Trinajstić information content (AvgIpc) is 3.16. The standard InChI is InChI=1S/C18H16N6O2S/c1-24(16-7-3-6-15-14(16)11-21-23-15)17-8-9-20-18(22-17)12-4-2-5-13(10-12)27(19,25)26/h2-11H,1H3,(H,21,23)(H2,19,25,26). The molecule has 2 aromatic carbocycles. The minimum Gasteiger partial charge on any atom is -0.329 e. The third-order valence-corrected chi connectivity index (χ3v) is 5.14. The van der Waals surface area contributed by atoms with Gasteiger partial charge in [-0.05, 0) is 30.3 Å². The second-order valence-corrected chi connectivity index (χ2v) is 7.54. The molecule has 9 heteroatoms. The molecule has 0 radical (unpaired) electrons. The number of hydrogen-bond donors (Lipinski definition) is 2. The number of nitrogens with two attached hydrogens (primary N) is 1. The fourth-order valence-electron chi connectivity index (χ4n) is 2.86. The summed E-state index contributed by atoms with van der Waals surface area (Å²) in [5.74, 6) is 1.07. The first-order valence-electron chi connectivity index (χ1n) is 8.05. The molecule has 0 amide bonds. The number of nitrogens with one attached hydrogen (secondary N) is 1. The highest BCUT2D eigenvalue weighted by atomic mass is 32.2. The zero-order valence-electron chi connectivity index (χ0n) is 14.4. The number of aromatic nitrogens is 4. The smallest absolute Gasteiger partial charge is 0.238 e. The molecule has 0 fully saturated rings. The molecular weight excluding hydrogens is 364 g/mol. The number of sulfonamides is 1. The van der Waals surface area contributed by atoms with E-state index >= 15 is 0 Å². The van der Waals surface area contributed by atoms with Gasteiger partial charge in [0.1, 0.15) is 5.82 Å². The van der Waals surface area contributed by atoms with Crippen LogP contribution in [-0.4, -0.2) is 35.6 Å². The Morgan fingerprint density at radius 2 is 1.93 bits per heavy atom. The number of nitrogens with zero attached hydrogens (tertiary/aromatic N) is 4. The first-order valence-corrected chi connectivity index (χ1v) is 9.60. The van der Waals surface area contributed by atoms with Crippen molar-refractivity contribution in [2.24, 2.45) is 5.14 Å². The second-order valence-electron chi connectivity index (χ2n) is 5.98. The van der Waals surface area contributed by atoms with Crippen LogP contribution in [0.4, 0.5) is 11.5 Å². The molecule has 27 heavy (non-hydrogen) atoms. The number of hydrogen-bond acceptors (Lipinski definition) is 6. The van der Waals surface area contributed by atoms with E-state index in [4.69, 9.17) is 5.14 Å². The fraction of sp³-hybridized carbons (Fsp3) is 0.0556. The van der Waals surface area contributed by atoms with Crippen LogP contribution in [0.2, 0.25) is 0 Å². The molecule has 0 aliphatic rings. The normalized spacial score (nSPS) is 11.6. The van der Waals surface area contributed by atoms with Gasteiger partial charge in [-0.15, -0.1) is 0 Å². The van der Waals surface area contributed by atoms with E-state index in [-0.39, 0.29) is 4.90 Å². The van der Waals surface area contributed by atoms with Gasteiger partial charge in [-0.25, -0.2) is 23.5 Å². The Morgan fingerprint density at radius 1 is 1.11 bits per heavy atom. The molecule has 136 valence electrons. The molecule has 0 spiro atoms. The largest absolute Gasteiger partial charge is 0.329 e. The van der Waals surface area contributed by atoms with Crippen LogP contribution in [0.5, 0.6) is 0 Å². The predicted octanol–water partition coefficient (Wildman–Crippen LogP) is 2.44. The number of benzene rings is 2. The molecule has 0 aliphatic carbocycles. The maximum absolute atomic E-state index is 11.6. The van der Waals surface area contributed by atoms with Gasteiger partial charge < -0.3 is 4.90 Å². The highest BCUT2D eigenvalue weighted by Gasteiger charge is 2.14. The van der Waals surface area contributed by atoms with Gasteiger partial charge in [0.2, 0.25) is 10.0 Å². The van der Waals surface area contributed by atoms with Crippen LogP contribution in [0, 0.1) is 0 Å². The average molecular weight is 380 g/mol. The molecule has 0 saturated carbocycles. The molecule has 2 aromatic heterocycles. The van der Waals surface area contributed by atoms with Crippen molar-refractivity contribution in [1.29, 1.82) is 0 Å². The van der Waals surface area contributed by atoms with Crippen LogP contribution in [0.1, 0.15) is 0 Å². The lowest BCUT2D eigenvalue weighted by atomic mass is 10.2. The molecule has 4 aromatic rings. The van der Waals surface area contributed by atoms with Crippen LogP contribution >= 0.6 is 0 Å². The summed E-state index contributed by atoms with van der Waals surface area (Å²) in [6.07, 6.45) is 3.39. The van der Waals surface area contributed by atoms with Gasteiger partial charge in [-0.1, -0.05) is 18.2 Å². The SMILES string of the molecule is CN(c1ccnc(-c2cccc(S(N)(=O)=O)c2)n1)c1cccc2[nH]ncc12. The van der Waals surface area contributed by atoms with E-state index in [0.717, 1.165) is 16.6 Å². The van der Waals surface area contributed by atoms with Gasteiger partial charge in [-0.3, -0.25) is 5.10 Å². The summed E-state index contributed by atoms with van der Waals surface area (Å²) in [7, 11) is -1.90. The second kappa shape index (κ2) is 6.45. The van der Waals surface area contributed by atoms with Crippen molar-refractivity contribution in [3.8, 4) is 11.4 Å². The van der Waals surface area contributed by atoms with E-state index in [9.17, 15) is 8.42 Å². The third kappa shape index (κ3) is 3.25. The molecule has 4 rings (SSSR count). The lowest BCUT2D eigenvalue weighted by molar-refractivity contribution is 0.598. The van der Waals surface area contributed by atoms with Gasteiger partial charge in [0.15, 0.2) is 5.82 Å². The lowest BCUT2D eigenvalue weighted by Gasteiger charge is -2.19. The number of fused-ring (bicyclic) bond motifs is 1. The Kier molecular flexibility index (Phi) is 4.09. The molecule has 0 aliphatic heterocycles. The van der Waals surface area contributed by atoms with Gasteiger partial charge in [-0.2, -0.15) is 5.10 Å². The number of rotatable bonds is 4. The lowest BCUT2D eigenvalue weighted by Crippen LogP contribution is -2.13. The Morgan fingerprint density at radius 3 is 2.74 bits per heavy atom. The van der Waals surface area contributed by atoms with Gasteiger partial charge >= 0.3 is 0 Å². The van der Waals surface area contributed by atoms with Crippen LogP contribution in [0.25, 0.3) is 22.3 Å². The Bertz CT molecular complexity index is 1240. The summed E-state index contributed by atoms with van der Waals surface area (Å²) in [6, 6.07) is 13.9. The van der Waals surface area contributed by atoms with Crippen LogP contribution in [0.15, 0.2) is 65.8 Å². The summed E-state index contributed by atoms with van der Waals surface area (Å²) in [5.41, 5.74) is 2.43. The summed E-state index contributed by atoms with van der Waals surface area (Å²) >= 11 is 0. The van der Waals surface area contributed by atoms with Crippen LogP contribution in [0.3, 0.4) is 0 Å². The zero-order chi connectivity index (χ0) is 19.0. The van der Waals surface area contributed by atoms with Crippen LogP contribution < -0.4 is 10.0 Å². The summed E-state index contributed by atoms with van der Waals surface area (Å²) in [5, 5.41) is 13.2. The minimum absolute atomic E-state index is 0.0190. The number of H-pyrrole nitrogens is 1. The van der Waals surface area contributed by atoms with Crippen LogP contribution in [-0.2, 0) is 10.0 Å². The maximum Gasteiger partial charge on any atom is 0.238 e. The van der Waals surface area contributed by atoms with E-state index in [1.54, 1.807) is 30.6 Å². The third-order valence-electron chi connectivity index (χ3n) is 4.23. The van der Waals surface area contributed by atoms with Gasteiger partial charge in [0.25, 0.3) is 0 Å². The molecule has 0 atom stereocenters. The monoisotopic (exact) mass is 380 g/mol. The van der Waals surface area contributed by atoms with E-state index in [1.165, 1.54) is 12.1 Å². The van der Waals surface area contributed by atoms with E-state index in [1.807, 2.05) is 30.1 Å². The fourth-order valence-corrected chi connectivity index (χ4v) is 3.42. The highest BCUT2D eigenvalue weighted by molar-refractivity contribution is 7.89. The molecular formula is C18H16N6O2S. The van der Waals surface area contributed by atoms with E-state index < -0.39 is 10.0 Å². The van der Waals surface area contributed by atoms with Crippen molar-refractivity contribution < 1.29 is 8.42 Å². The summed E-state index contributed by atoms with van der Waals surface area (Å²) < 4.78 is 23.2. The topological polar surface area (TPSA) is 118 Å². The van der Waals surface area contributed by atoms with E-state index in [2.05, 4.69) is 20.2 Å². The van der Waals surface area contributed by atoms with Crippen molar-refractivity contribution in [2.45, 2.75) is 4.90 Å². The summed E-state index contributed by atoms with van der Waals surface area (Å²) in [6.45, 7) is 0. The Hall–Kier alpha value is -3.30. The molecule has 0 bridgehead atoms. The quantitative estimate of drug-likeness (QED) is 0.561. The van der Waals surface area contributed by atoms with Gasteiger partial charge in [0, 0.05) is 24.2 Å². The number of anilines is 2. The van der Waals surface area contributed by atoms with Crippen molar-refractivity contribution in [2.75, 3.05) is 11.9 Å². The Balaban J connectivity index is 1.76. The molecule has 0 unspecified atom stereocenters. The summed E-state index contributed by atoms with van der Waals surface area (Å²) in [4.78, 5) is 10.8. The van der Waals surface area contributed by atoms with Crippen molar-refractivity contribution >= 4 is 32.4 Å². The highest BCUT2D eigenvalue weighted by Crippen LogP contribution is 2.30. The molecule has 0 saturated heterocycles. The first kappa shape index (κ1) is 17.1. The minimum atomic E-state index is -3.80. The molecule has 2 heterocycles.